The lowest BCUT2D eigenvalue weighted by Crippen LogP contribution is -2.96. The number of carbonyl (C=O) groups excluding carboxylic acids is 3. The molecule has 43 heavy (non-hydrogen) atoms. The number of nitrogens with zero attached hydrogens (tertiary/aromatic N) is 1. The number of aliphatic hydroxyl groups is 1. The molecule has 0 radical (unpaired) electrons. The number of amides is 1. The third-order valence-electron chi connectivity index (χ3n) is 11.6. The van der Waals surface area contributed by atoms with Crippen LogP contribution in [0, 0.1) is 29.6 Å². The second kappa shape index (κ2) is 12.3. The molecule has 1 saturated carbocycles. The van der Waals surface area contributed by atoms with Crippen molar-refractivity contribution in [1.29, 1.82) is 0 Å². The van der Waals surface area contributed by atoms with Gasteiger partial charge in [-0.25, -0.2) is 4.79 Å². The van der Waals surface area contributed by atoms with Gasteiger partial charge in [-0.1, -0.05) is 18.2 Å². The fraction of sp³-hybridized carbons (Fsp3) is 0.788. The number of hydrogen-bond donors (Lipinski definition) is 3. The van der Waals surface area contributed by atoms with Crippen LogP contribution >= 0.6 is 0 Å². The molecule has 1 spiro atoms. The lowest BCUT2D eigenvalue weighted by molar-refractivity contribution is -0.706. The van der Waals surface area contributed by atoms with Gasteiger partial charge in [-0.15, -0.1) is 0 Å². The normalized spacial score (nSPS) is 42.6. The molecule has 5 fully saturated rings. The highest BCUT2D eigenvalue weighted by molar-refractivity contribution is 5.88. The van der Waals surface area contributed by atoms with Crippen LogP contribution in [0.1, 0.15) is 78.1 Å². The Kier molecular flexibility index (Phi) is 8.76. The molecule has 10 nitrogen and oxygen atoms in total. The highest BCUT2D eigenvalue weighted by atomic mass is 16.6. The molecule has 6 aliphatic rings. The number of quaternary nitrogens is 1. The summed E-state index contributed by atoms with van der Waals surface area (Å²) in [6, 6.07) is 0. The lowest BCUT2D eigenvalue weighted by Gasteiger charge is -2.54. The Morgan fingerprint density at radius 1 is 1.23 bits per heavy atom. The maximum absolute atomic E-state index is 13.6. The molecule has 4 saturated heterocycles. The zero-order chi connectivity index (χ0) is 30.4. The van der Waals surface area contributed by atoms with Crippen LogP contribution in [0.15, 0.2) is 23.8 Å². The van der Waals surface area contributed by atoms with Gasteiger partial charge < -0.3 is 29.5 Å². The molecule has 0 aromatic heterocycles. The van der Waals surface area contributed by atoms with Crippen LogP contribution in [0.4, 0.5) is 0 Å². The number of allylic oxidation sites excluding steroid dienone is 1. The Labute approximate surface area is 254 Å². The number of fused-ring (bicyclic) bond motifs is 2. The zero-order valence-electron chi connectivity index (χ0n) is 25.7. The second-order valence-electron chi connectivity index (χ2n) is 14.1. The smallest absolute Gasteiger partial charge is 0.334 e. The average molecular weight is 601 g/mol. The van der Waals surface area contributed by atoms with Crippen molar-refractivity contribution >= 4 is 17.8 Å². The van der Waals surface area contributed by atoms with Gasteiger partial charge in [-0.3, -0.25) is 15.3 Å². The molecule has 2 aliphatic carbocycles. The number of aliphatic hydroxyl groups excluding tert-OH is 1. The highest BCUT2D eigenvalue weighted by Crippen LogP contribution is 2.59. The molecule has 4 heterocycles. The molecule has 10 atom stereocenters. The number of likely N-dealkylation sites (tertiary alicyclic amines) is 1. The first kappa shape index (κ1) is 30.7. The van der Waals surface area contributed by atoms with E-state index in [4.69, 9.17) is 19.9 Å². The molecule has 10 heteroatoms. The van der Waals surface area contributed by atoms with E-state index in [0.717, 1.165) is 51.7 Å². The minimum absolute atomic E-state index is 0.0771. The number of rotatable bonds is 7. The average Bonchev–Trinajstić information content (AvgIpc) is 3.31. The largest absolute Gasteiger partial charge is 0.462 e. The van der Waals surface area contributed by atoms with E-state index in [-0.39, 0.29) is 66.9 Å². The van der Waals surface area contributed by atoms with Gasteiger partial charge in [0.15, 0.2) is 0 Å². The van der Waals surface area contributed by atoms with Crippen LogP contribution in [0.25, 0.3) is 0 Å². The van der Waals surface area contributed by atoms with Gasteiger partial charge in [0.2, 0.25) is 5.91 Å². The summed E-state index contributed by atoms with van der Waals surface area (Å²) in [5, 5.41) is 11.7. The van der Waals surface area contributed by atoms with Gasteiger partial charge in [0.25, 0.3) is 0 Å². The predicted molar refractivity (Wildman–Crippen MR) is 157 cm³/mol. The first-order chi connectivity index (χ1) is 20.7. The van der Waals surface area contributed by atoms with E-state index in [0.29, 0.717) is 37.2 Å². The van der Waals surface area contributed by atoms with E-state index in [1.807, 2.05) is 11.8 Å². The molecule has 7 unspecified atom stereocenters. The Hall–Kier alpha value is -2.27. The monoisotopic (exact) mass is 600 g/mol. The summed E-state index contributed by atoms with van der Waals surface area (Å²) in [6.07, 6.45) is 12.4. The molecule has 6 rings (SSSR count). The van der Waals surface area contributed by atoms with Gasteiger partial charge in [-0.2, -0.15) is 0 Å². The van der Waals surface area contributed by atoms with Crippen molar-refractivity contribution in [3.63, 3.8) is 0 Å². The van der Waals surface area contributed by atoms with Gasteiger partial charge in [-0.05, 0) is 57.3 Å². The summed E-state index contributed by atoms with van der Waals surface area (Å²) < 4.78 is 19.6. The molecule has 5 N–H and O–H groups in total. The van der Waals surface area contributed by atoms with Crippen LogP contribution in [0.3, 0.4) is 0 Å². The molecule has 0 aromatic rings. The van der Waals surface area contributed by atoms with E-state index in [1.54, 1.807) is 13.0 Å². The number of carbonyl (C=O) groups is 3. The van der Waals surface area contributed by atoms with E-state index in [9.17, 15) is 19.5 Å². The van der Waals surface area contributed by atoms with Crippen LogP contribution in [0.5, 0.6) is 0 Å². The van der Waals surface area contributed by atoms with Crippen LogP contribution in [-0.4, -0.2) is 83.7 Å². The van der Waals surface area contributed by atoms with Crippen molar-refractivity contribution in [3.8, 4) is 0 Å². The highest BCUT2D eigenvalue weighted by Gasteiger charge is 2.66. The van der Waals surface area contributed by atoms with Crippen molar-refractivity contribution in [1.82, 2.24) is 4.90 Å². The molecule has 0 aromatic carbocycles. The van der Waals surface area contributed by atoms with Gasteiger partial charge in [0, 0.05) is 75.6 Å². The molecular weight excluding hydrogens is 550 g/mol. The Morgan fingerprint density at radius 3 is 2.77 bits per heavy atom. The van der Waals surface area contributed by atoms with Gasteiger partial charge >= 0.3 is 11.9 Å². The Bertz CT molecular complexity index is 1150. The first-order valence-electron chi connectivity index (χ1n) is 16.6. The quantitative estimate of drug-likeness (QED) is 0.227. The summed E-state index contributed by atoms with van der Waals surface area (Å²) >= 11 is 0. The maximum Gasteiger partial charge on any atom is 0.334 e. The summed E-state index contributed by atoms with van der Waals surface area (Å²) in [7, 11) is 0. The number of ether oxygens (including phenoxy) is 3. The van der Waals surface area contributed by atoms with Gasteiger partial charge in [0.05, 0.1) is 12.6 Å². The third kappa shape index (κ3) is 5.69. The van der Waals surface area contributed by atoms with E-state index < -0.39 is 17.2 Å². The second-order valence-corrected chi connectivity index (χ2v) is 14.1. The van der Waals surface area contributed by atoms with Crippen molar-refractivity contribution in [3.05, 3.63) is 23.8 Å². The summed E-state index contributed by atoms with van der Waals surface area (Å²) in [5.41, 5.74) is 5.24. The Morgan fingerprint density at radius 2 is 2.05 bits per heavy atom. The van der Waals surface area contributed by atoms with Crippen molar-refractivity contribution < 1.29 is 39.0 Å². The van der Waals surface area contributed by atoms with Crippen molar-refractivity contribution in [2.45, 2.75) is 108 Å². The fourth-order valence-electron chi connectivity index (χ4n) is 9.12. The zero-order valence-corrected chi connectivity index (χ0v) is 25.7. The predicted octanol–water partition coefficient (Wildman–Crippen LogP) is 1.56. The van der Waals surface area contributed by atoms with E-state index >= 15 is 0 Å². The van der Waals surface area contributed by atoms with Crippen LogP contribution in [-0.2, 0) is 28.6 Å². The molecular formula is C33H50N3O7+. The number of hydrogen-bond acceptors (Lipinski definition) is 8. The van der Waals surface area contributed by atoms with E-state index in [2.05, 4.69) is 17.5 Å². The third-order valence-corrected chi connectivity index (χ3v) is 11.6. The summed E-state index contributed by atoms with van der Waals surface area (Å²) in [6.45, 7) is 6.10. The van der Waals surface area contributed by atoms with Gasteiger partial charge in [0.1, 0.15) is 23.5 Å². The molecule has 0 bridgehead atoms. The summed E-state index contributed by atoms with van der Waals surface area (Å²) in [4.78, 5) is 40.9. The van der Waals surface area contributed by atoms with E-state index in [1.165, 1.54) is 0 Å². The first-order valence-corrected chi connectivity index (χ1v) is 16.6. The number of nitrogens with two attached hydrogens (primary N) is 2. The minimum atomic E-state index is -0.969. The van der Waals surface area contributed by atoms with Crippen LogP contribution in [0.2, 0.25) is 0 Å². The van der Waals surface area contributed by atoms with Crippen molar-refractivity contribution in [2.24, 2.45) is 35.3 Å². The maximum atomic E-state index is 13.6. The Balaban J connectivity index is 1.35. The molecule has 1 amide bonds. The standard InChI is InChI=1S/C33H49N3O7/c1-3-20(9-13-37)31(40)43-32(2)10-4-6-25(24-16-28(34)35-19-23(24)15-29(38)36-11-5-12-36)33(32)18-22-14-21-7-8-30(39)41-26(21)17-27(22)42-33/h3-4,6,21-28,35,37H,5,7-19,34H2,1-2H3/p+1/t21?,22?,23?,24?,25-,26?,27?,28?,32-,33-/m0/s1. The minimum Gasteiger partial charge on any atom is -0.462 e. The van der Waals surface area contributed by atoms with Crippen LogP contribution < -0.4 is 11.1 Å². The summed E-state index contributed by atoms with van der Waals surface area (Å²) in [5.74, 6) is 0.334. The molecule has 4 aliphatic heterocycles. The number of esters is 2. The topological polar surface area (TPSA) is 145 Å². The fourth-order valence-corrected chi connectivity index (χ4v) is 9.12. The number of piperidine rings is 1. The SMILES string of the molecule is CC=C(CCO)C(=O)O[C@@]1(C)CC=C[C@@H](C2CC(N)[NH2+]CC2CC(=O)N2CCC2)[C@@]12CC1CC3CCC(=O)OC3CC1O2. The van der Waals surface area contributed by atoms with Crippen molar-refractivity contribution in [2.75, 3.05) is 26.2 Å². The molecule has 238 valence electrons. The lowest BCUT2D eigenvalue weighted by atomic mass is 9.58.